The molecule has 0 saturated carbocycles. The van der Waals surface area contributed by atoms with Gasteiger partial charge in [-0.1, -0.05) is 26.0 Å². The van der Waals surface area contributed by atoms with E-state index in [1.165, 1.54) is 11.1 Å². The van der Waals surface area contributed by atoms with Gasteiger partial charge in [0.25, 0.3) is 0 Å². The molecule has 1 aliphatic heterocycles. The maximum absolute atomic E-state index is 11.7. The molecule has 0 unspecified atom stereocenters. The number of carbonyl (C=O) groups is 1. The third-order valence-electron chi connectivity index (χ3n) is 4.04. The summed E-state index contributed by atoms with van der Waals surface area (Å²) in [6.45, 7) is 7.62. The lowest BCUT2D eigenvalue weighted by Crippen LogP contribution is -2.54. The largest absolute Gasteiger partial charge is 0.493 e. The van der Waals surface area contributed by atoms with Gasteiger partial charge in [-0.15, -0.1) is 0 Å². The highest BCUT2D eigenvalue weighted by Gasteiger charge is 2.30. The molecule has 3 N–H and O–H groups in total. The van der Waals surface area contributed by atoms with Crippen molar-refractivity contribution in [1.29, 1.82) is 0 Å². The highest BCUT2D eigenvalue weighted by molar-refractivity contribution is 5.84. The summed E-state index contributed by atoms with van der Waals surface area (Å²) in [5, 5.41) is 3.34. The van der Waals surface area contributed by atoms with Gasteiger partial charge in [0.05, 0.1) is 12.1 Å². The van der Waals surface area contributed by atoms with E-state index < -0.39 is 5.54 Å². The van der Waals surface area contributed by atoms with E-state index in [9.17, 15) is 4.79 Å². The van der Waals surface area contributed by atoms with E-state index >= 15 is 0 Å². The van der Waals surface area contributed by atoms with Gasteiger partial charge in [0, 0.05) is 13.0 Å². The smallest absolute Gasteiger partial charge is 0.237 e. The molecule has 4 nitrogen and oxygen atoms in total. The summed E-state index contributed by atoms with van der Waals surface area (Å²) >= 11 is 0. The molecule has 1 amide bonds. The summed E-state index contributed by atoms with van der Waals surface area (Å²) < 4.78 is 5.51. The number of nitrogens with two attached hydrogens (primary N) is 1. The molecule has 0 fully saturated rings. The van der Waals surface area contributed by atoms with Crippen molar-refractivity contribution in [2.45, 2.75) is 45.6 Å². The molecular formula is C17H26N2O2. The van der Waals surface area contributed by atoms with E-state index in [0.29, 0.717) is 5.92 Å². The molecule has 0 saturated heterocycles. The van der Waals surface area contributed by atoms with Gasteiger partial charge < -0.3 is 15.8 Å². The Kier molecular flexibility index (Phi) is 4.88. The molecule has 0 bridgehead atoms. The van der Waals surface area contributed by atoms with Crippen LogP contribution in [0.5, 0.6) is 5.75 Å². The van der Waals surface area contributed by atoms with Crippen molar-refractivity contribution >= 4 is 5.91 Å². The van der Waals surface area contributed by atoms with Crippen molar-refractivity contribution in [3.63, 3.8) is 0 Å². The minimum absolute atomic E-state index is 0.279. The zero-order valence-corrected chi connectivity index (χ0v) is 13.2. The maximum Gasteiger partial charge on any atom is 0.237 e. The lowest BCUT2D eigenvalue weighted by molar-refractivity contribution is -0.124. The van der Waals surface area contributed by atoms with Gasteiger partial charge in [-0.2, -0.15) is 0 Å². The molecule has 21 heavy (non-hydrogen) atoms. The summed E-state index contributed by atoms with van der Waals surface area (Å²) in [5.74, 6) is 1.15. The zero-order valence-electron chi connectivity index (χ0n) is 13.2. The van der Waals surface area contributed by atoms with Crippen LogP contribution in [0.2, 0.25) is 0 Å². The van der Waals surface area contributed by atoms with Crippen molar-refractivity contribution in [3.05, 3.63) is 29.3 Å². The van der Waals surface area contributed by atoms with E-state index in [4.69, 9.17) is 10.5 Å². The molecule has 116 valence electrons. The minimum Gasteiger partial charge on any atom is -0.493 e. The average Bonchev–Trinajstić information content (AvgIpc) is 2.85. The Labute approximate surface area is 127 Å². The highest BCUT2D eigenvalue weighted by Crippen LogP contribution is 2.26. The van der Waals surface area contributed by atoms with Crippen LogP contribution in [0.25, 0.3) is 0 Å². The third-order valence-corrected chi connectivity index (χ3v) is 4.04. The van der Waals surface area contributed by atoms with Crippen LogP contribution in [0.3, 0.4) is 0 Å². The Morgan fingerprint density at radius 3 is 2.90 bits per heavy atom. The fourth-order valence-electron chi connectivity index (χ4n) is 2.95. The minimum atomic E-state index is -0.631. The number of primary amides is 1. The van der Waals surface area contributed by atoms with Crippen LogP contribution in [0.15, 0.2) is 18.2 Å². The predicted octanol–water partition coefficient (Wildman–Crippen LogP) is 2.04. The normalized spacial score (nSPS) is 16.4. The molecule has 1 atom stereocenters. The molecule has 0 spiro atoms. The summed E-state index contributed by atoms with van der Waals surface area (Å²) in [4.78, 5) is 11.7. The Hall–Kier alpha value is -1.55. The number of benzene rings is 1. The van der Waals surface area contributed by atoms with Crippen LogP contribution in [-0.2, 0) is 17.6 Å². The van der Waals surface area contributed by atoms with Crippen molar-refractivity contribution in [1.82, 2.24) is 5.32 Å². The summed E-state index contributed by atoms with van der Waals surface area (Å²) in [6, 6.07) is 6.34. The van der Waals surface area contributed by atoms with Gasteiger partial charge in [-0.3, -0.25) is 4.79 Å². The Bertz CT molecular complexity index is 514. The lowest BCUT2D eigenvalue weighted by atomic mass is 9.90. The Balaban J connectivity index is 1.92. The highest BCUT2D eigenvalue weighted by atomic mass is 16.5. The number of amides is 1. The summed E-state index contributed by atoms with van der Waals surface area (Å²) in [6.07, 6.45) is 2.62. The number of carbonyl (C=O) groups excluding carboxylic acids is 1. The monoisotopic (exact) mass is 290 g/mol. The molecule has 1 heterocycles. The third kappa shape index (κ3) is 3.97. The van der Waals surface area contributed by atoms with Gasteiger partial charge in [0.1, 0.15) is 5.75 Å². The first-order chi connectivity index (χ1) is 9.90. The molecule has 2 rings (SSSR count). The molecule has 4 heteroatoms. The van der Waals surface area contributed by atoms with Crippen LogP contribution < -0.4 is 15.8 Å². The number of hydrogen-bond acceptors (Lipinski definition) is 3. The molecular weight excluding hydrogens is 264 g/mol. The van der Waals surface area contributed by atoms with Crippen LogP contribution >= 0.6 is 0 Å². The first kappa shape index (κ1) is 15.8. The van der Waals surface area contributed by atoms with Gasteiger partial charge in [-0.05, 0) is 42.9 Å². The van der Waals surface area contributed by atoms with Crippen LogP contribution in [0.4, 0.5) is 0 Å². The number of rotatable bonds is 7. The second kappa shape index (κ2) is 6.48. The average molecular weight is 290 g/mol. The van der Waals surface area contributed by atoms with Gasteiger partial charge in [0.2, 0.25) is 5.91 Å². The number of hydrogen-bond donors (Lipinski definition) is 2. The molecule has 1 aliphatic rings. The molecule has 0 aromatic heterocycles. The predicted molar refractivity (Wildman–Crippen MR) is 84.4 cm³/mol. The second-order valence-electron chi connectivity index (χ2n) is 6.51. The van der Waals surface area contributed by atoms with E-state index in [0.717, 1.165) is 38.2 Å². The van der Waals surface area contributed by atoms with E-state index in [1.807, 2.05) is 13.0 Å². The second-order valence-corrected chi connectivity index (χ2v) is 6.51. The van der Waals surface area contributed by atoms with Gasteiger partial charge in [-0.25, -0.2) is 0 Å². The first-order valence-electron chi connectivity index (χ1n) is 7.70. The fraction of sp³-hybridized carbons (Fsp3) is 0.588. The molecule has 1 aromatic rings. The summed E-state index contributed by atoms with van der Waals surface area (Å²) in [5.41, 5.74) is 7.47. The Morgan fingerprint density at radius 2 is 2.24 bits per heavy atom. The van der Waals surface area contributed by atoms with Gasteiger partial charge in [0.15, 0.2) is 0 Å². The van der Waals surface area contributed by atoms with Crippen LogP contribution in [0, 0.1) is 5.92 Å². The first-order valence-corrected chi connectivity index (χ1v) is 7.70. The van der Waals surface area contributed by atoms with Gasteiger partial charge >= 0.3 is 0 Å². The van der Waals surface area contributed by atoms with Crippen LogP contribution in [0.1, 0.15) is 38.3 Å². The molecule has 0 aliphatic carbocycles. The van der Waals surface area contributed by atoms with Crippen molar-refractivity contribution in [2.75, 3.05) is 13.2 Å². The lowest BCUT2D eigenvalue weighted by Gasteiger charge is -2.29. The fourth-order valence-corrected chi connectivity index (χ4v) is 2.95. The van der Waals surface area contributed by atoms with E-state index in [1.54, 1.807) is 0 Å². The van der Waals surface area contributed by atoms with Crippen molar-refractivity contribution in [2.24, 2.45) is 11.7 Å². The number of nitrogens with one attached hydrogen (secondary N) is 1. The molecule has 0 radical (unpaired) electrons. The van der Waals surface area contributed by atoms with E-state index in [-0.39, 0.29) is 5.91 Å². The molecule has 1 aromatic carbocycles. The maximum atomic E-state index is 11.7. The number of fused-ring (bicyclic) bond motifs is 1. The van der Waals surface area contributed by atoms with Crippen LogP contribution in [-0.4, -0.2) is 24.6 Å². The van der Waals surface area contributed by atoms with Crippen molar-refractivity contribution in [3.8, 4) is 5.75 Å². The Morgan fingerprint density at radius 1 is 1.48 bits per heavy atom. The standard InChI is InChI=1S/C17H26N2O2/c1-12(2)11-17(3,16(18)20)19-8-6-13-4-5-15-14(10-13)7-9-21-15/h4-5,10,12,19H,6-9,11H2,1-3H3,(H2,18,20)/t17-/m1/s1. The number of ether oxygens (including phenoxy) is 1. The topological polar surface area (TPSA) is 64.3 Å². The SMILES string of the molecule is CC(C)C[C@@](C)(NCCc1ccc2c(c1)CCO2)C(N)=O. The summed E-state index contributed by atoms with van der Waals surface area (Å²) in [7, 11) is 0. The van der Waals surface area contributed by atoms with E-state index in [2.05, 4.69) is 31.3 Å². The zero-order chi connectivity index (χ0) is 15.5. The quantitative estimate of drug-likeness (QED) is 0.807. The van der Waals surface area contributed by atoms with Crippen molar-refractivity contribution < 1.29 is 9.53 Å².